The zero-order valence-corrected chi connectivity index (χ0v) is 12.4. The molecule has 2 aromatic rings. The van der Waals surface area contributed by atoms with Gasteiger partial charge in [-0.15, -0.1) is 0 Å². The summed E-state index contributed by atoms with van der Waals surface area (Å²) < 4.78 is 23.6. The molecule has 2 rings (SSSR count). The van der Waals surface area contributed by atoms with Crippen LogP contribution in [0.4, 0.5) is 4.39 Å². The first-order valence-corrected chi connectivity index (χ1v) is 6.76. The Morgan fingerprint density at radius 2 is 1.73 bits per heavy atom. The third kappa shape index (κ3) is 3.86. The number of hydrogen-bond acceptors (Lipinski definition) is 3. The van der Waals surface area contributed by atoms with Crippen molar-refractivity contribution in [1.82, 2.24) is 0 Å². The van der Waals surface area contributed by atoms with Gasteiger partial charge < -0.3 is 9.47 Å². The summed E-state index contributed by atoms with van der Waals surface area (Å²) in [4.78, 5) is 11.3. The molecule has 0 spiro atoms. The predicted octanol–water partition coefficient (Wildman–Crippen LogP) is 3.41. The summed E-state index contributed by atoms with van der Waals surface area (Å²) in [5.41, 5.74) is 1.18. The van der Waals surface area contributed by atoms with Crippen LogP contribution in [0.3, 0.4) is 0 Å². The van der Waals surface area contributed by atoms with Crippen LogP contribution in [0.15, 0.2) is 42.5 Å². The van der Waals surface area contributed by atoms with Gasteiger partial charge in [-0.25, -0.2) is 9.18 Å². The number of methoxy groups -OCH3 is 1. The van der Waals surface area contributed by atoms with Gasteiger partial charge in [0.15, 0.2) is 0 Å². The van der Waals surface area contributed by atoms with Crippen molar-refractivity contribution >= 4 is 5.97 Å². The minimum absolute atomic E-state index is 0.103. The number of ether oxygens (including phenoxy) is 2. The number of esters is 1. The Bertz CT molecular complexity index is 724. The standard InChI is InChI=1S/C18H15FO3/c1-3-22-15-9-6-13(7-10-15)4-5-14-8-11-16(17(19)12-14)18(20)21-2/h6-12H,3H2,1-2H3. The number of carbonyl (C=O) groups excluding carboxylic acids is 1. The summed E-state index contributed by atoms with van der Waals surface area (Å²) in [6, 6.07) is 11.5. The van der Waals surface area contributed by atoms with Gasteiger partial charge in [0.25, 0.3) is 0 Å². The quantitative estimate of drug-likeness (QED) is 0.643. The molecule has 0 aliphatic heterocycles. The molecule has 3 nitrogen and oxygen atoms in total. The molecular weight excluding hydrogens is 283 g/mol. The van der Waals surface area contributed by atoms with E-state index in [4.69, 9.17) is 4.74 Å². The van der Waals surface area contributed by atoms with Crippen LogP contribution in [0.1, 0.15) is 28.4 Å². The lowest BCUT2D eigenvalue weighted by Crippen LogP contribution is -2.04. The molecule has 0 atom stereocenters. The highest BCUT2D eigenvalue weighted by atomic mass is 19.1. The van der Waals surface area contributed by atoms with Crippen molar-refractivity contribution in [2.45, 2.75) is 6.92 Å². The Morgan fingerprint density at radius 3 is 2.32 bits per heavy atom. The van der Waals surface area contributed by atoms with Gasteiger partial charge in [-0.2, -0.15) is 0 Å². The molecule has 0 saturated heterocycles. The summed E-state index contributed by atoms with van der Waals surface area (Å²) in [7, 11) is 1.21. The Balaban J connectivity index is 2.17. The second kappa shape index (κ2) is 7.28. The van der Waals surface area contributed by atoms with Crippen molar-refractivity contribution < 1.29 is 18.7 Å². The van der Waals surface area contributed by atoms with Crippen LogP contribution in [-0.2, 0) is 4.74 Å². The molecule has 0 amide bonds. The zero-order chi connectivity index (χ0) is 15.9. The fourth-order valence-electron chi connectivity index (χ4n) is 1.81. The molecule has 0 N–H and O–H groups in total. The topological polar surface area (TPSA) is 35.5 Å². The highest BCUT2D eigenvalue weighted by molar-refractivity contribution is 5.89. The number of benzene rings is 2. The molecule has 0 aliphatic carbocycles. The zero-order valence-electron chi connectivity index (χ0n) is 12.4. The molecule has 112 valence electrons. The number of carbonyl (C=O) groups is 1. The van der Waals surface area contributed by atoms with Crippen molar-refractivity contribution in [2.75, 3.05) is 13.7 Å². The van der Waals surface area contributed by atoms with E-state index >= 15 is 0 Å². The summed E-state index contributed by atoms with van der Waals surface area (Å²) in [5.74, 6) is 5.21. The molecule has 0 heterocycles. The average molecular weight is 298 g/mol. The van der Waals surface area contributed by atoms with E-state index in [2.05, 4.69) is 16.6 Å². The van der Waals surface area contributed by atoms with Crippen molar-refractivity contribution in [2.24, 2.45) is 0 Å². The average Bonchev–Trinajstić information content (AvgIpc) is 2.54. The van der Waals surface area contributed by atoms with E-state index in [1.54, 1.807) is 6.07 Å². The first kappa shape index (κ1) is 15.6. The van der Waals surface area contributed by atoms with Gasteiger partial charge in [-0.3, -0.25) is 0 Å². The monoisotopic (exact) mass is 298 g/mol. The van der Waals surface area contributed by atoms with E-state index in [1.807, 2.05) is 31.2 Å². The van der Waals surface area contributed by atoms with E-state index in [0.717, 1.165) is 11.3 Å². The highest BCUT2D eigenvalue weighted by Crippen LogP contribution is 2.13. The lowest BCUT2D eigenvalue weighted by Gasteiger charge is -2.01. The molecule has 0 radical (unpaired) electrons. The Labute approximate surface area is 128 Å². The highest BCUT2D eigenvalue weighted by Gasteiger charge is 2.11. The number of hydrogen-bond donors (Lipinski definition) is 0. The summed E-state index contributed by atoms with van der Waals surface area (Å²) in [5, 5.41) is 0. The molecule has 4 heteroatoms. The fourth-order valence-corrected chi connectivity index (χ4v) is 1.81. The maximum Gasteiger partial charge on any atom is 0.340 e. The molecule has 0 aliphatic rings. The van der Waals surface area contributed by atoms with Gasteiger partial charge in [-0.1, -0.05) is 11.8 Å². The smallest absolute Gasteiger partial charge is 0.340 e. The lowest BCUT2D eigenvalue weighted by atomic mass is 10.1. The molecule has 22 heavy (non-hydrogen) atoms. The minimum atomic E-state index is -0.705. The van der Waals surface area contributed by atoms with E-state index < -0.39 is 11.8 Å². The maximum absolute atomic E-state index is 13.8. The number of halogens is 1. The Kier molecular flexibility index (Phi) is 5.16. The third-order valence-electron chi connectivity index (χ3n) is 2.89. The van der Waals surface area contributed by atoms with Crippen molar-refractivity contribution in [1.29, 1.82) is 0 Å². The van der Waals surface area contributed by atoms with Gasteiger partial charge in [0.05, 0.1) is 19.3 Å². The van der Waals surface area contributed by atoms with Gasteiger partial charge in [-0.05, 0) is 49.4 Å². The molecule has 0 bridgehead atoms. The van der Waals surface area contributed by atoms with Crippen LogP contribution in [0.2, 0.25) is 0 Å². The fraction of sp³-hybridized carbons (Fsp3) is 0.167. The third-order valence-corrected chi connectivity index (χ3v) is 2.89. The van der Waals surface area contributed by atoms with Gasteiger partial charge in [0.2, 0.25) is 0 Å². The Hall–Kier alpha value is -2.80. The SMILES string of the molecule is CCOc1ccc(C#Cc2ccc(C(=O)OC)c(F)c2)cc1. The first-order chi connectivity index (χ1) is 10.6. The van der Waals surface area contributed by atoms with Crippen LogP contribution >= 0.6 is 0 Å². The van der Waals surface area contributed by atoms with Crippen LogP contribution in [0.5, 0.6) is 5.75 Å². The normalized spacial score (nSPS) is 9.59. The molecule has 0 fully saturated rings. The lowest BCUT2D eigenvalue weighted by molar-refractivity contribution is 0.0595. The maximum atomic E-state index is 13.8. The molecule has 0 aromatic heterocycles. The van der Waals surface area contributed by atoms with E-state index in [0.29, 0.717) is 12.2 Å². The molecule has 0 unspecified atom stereocenters. The van der Waals surface area contributed by atoms with Gasteiger partial charge in [0.1, 0.15) is 11.6 Å². The van der Waals surface area contributed by atoms with Crippen molar-refractivity contribution in [3.8, 4) is 17.6 Å². The van der Waals surface area contributed by atoms with E-state index in [9.17, 15) is 9.18 Å². The second-order valence-corrected chi connectivity index (χ2v) is 4.39. The van der Waals surface area contributed by atoms with E-state index in [-0.39, 0.29) is 5.56 Å². The summed E-state index contributed by atoms with van der Waals surface area (Å²) in [6.45, 7) is 2.52. The second-order valence-electron chi connectivity index (χ2n) is 4.39. The van der Waals surface area contributed by atoms with Crippen LogP contribution < -0.4 is 4.74 Å². The van der Waals surface area contributed by atoms with Gasteiger partial charge >= 0.3 is 5.97 Å². The summed E-state index contributed by atoms with van der Waals surface area (Å²) >= 11 is 0. The molecule has 2 aromatic carbocycles. The van der Waals surface area contributed by atoms with Crippen LogP contribution in [-0.4, -0.2) is 19.7 Å². The van der Waals surface area contributed by atoms with Crippen LogP contribution in [0, 0.1) is 17.7 Å². The predicted molar refractivity (Wildman–Crippen MR) is 81.3 cm³/mol. The summed E-state index contributed by atoms with van der Waals surface area (Å²) in [6.07, 6.45) is 0. The Morgan fingerprint density at radius 1 is 1.09 bits per heavy atom. The first-order valence-electron chi connectivity index (χ1n) is 6.76. The van der Waals surface area contributed by atoms with Gasteiger partial charge in [0, 0.05) is 11.1 Å². The number of rotatable bonds is 3. The largest absolute Gasteiger partial charge is 0.494 e. The molecule has 0 saturated carbocycles. The van der Waals surface area contributed by atoms with Crippen molar-refractivity contribution in [3.63, 3.8) is 0 Å². The minimum Gasteiger partial charge on any atom is -0.494 e. The van der Waals surface area contributed by atoms with E-state index in [1.165, 1.54) is 19.2 Å². The van der Waals surface area contributed by atoms with Crippen LogP contribution in [0.25, 0.3) is 0 Å². The van der Waals surface area contributed by atoms with Crippen molar-refractivity contribution in [3.05, 3.63) is 65.0 Å². The molecular formula is C18H15FO3.